The van der Waals surface area contributed by atoms with Gasteiger partial charge in [0, 0.05) is 43.2 Å². The molecule has 4 nitrogen and oxygen atoms in total. The Morgan fingerprint density at radius 2 is 1.64 bits per heavy atom. The SMILES string of the molecule is CC(=O)N1CC2(Cc3ccccc31)CN(C(=O)c1ccccc1C)C2. The van der Waals surface area contributed by atoms with E-state index in [-0.39, 0.29) is 17.2 Å². The van der Waals surface area contributed by atoms with Crippen molar-refractivity contribution in [2.45, 2.75) is 20.3 Å². The molecule has 2 aromatic carbocycles. The molecule has 2 heterocycles. The summed E-state index contributed by atoms with van der Waals surface area (Å²) in [5.74, 6) is 0.159. The highest BCUT2D eigenvalue weighted by Gasteiger charge is 2.49. The number of carbonyl (C=O) groups excluding carboxylic acids is 2. The lowest BCUT2D eigenvalue weighted by Crippen LogP contribution is -2.65. The van der Waals surface area contributed by atoms with Gasteiger partial charge in [0.25, 0.3) is 5.91 Å². The van der Waals surface area contributed by atoms with Crippen LogP contribution in [0.2, 0.25) is 0 Å². The van der Waals surface area contributed by atoms with Crippen molar-refractivity contribution in [2.75, 3.05) is 24.5 Å². The number of carbonyl (C=O) groups is 2. The molecule has 2 aliphatic heterocycles. The number of anilines is 1. The Morgan fingerprint density at radius 3 is 2.36 bits per heavy atom. The lowest BCUT2D eigenvalue weighted by atomic mass is 9.71. The van der Waals surface area contributed by atoms with Crippen LogP contribution in [0.1, 0.15) is 28.4 Å². The summed E-state index contributed by atoms with van der Waals surface area (Å²) in [6.45, 7) is 5.69. The van der Waals surface area contributed by atoms with E-state index >= 15 is 0 Å². The van der Waals surface area contributed by atoms with Crippen LogP contribution in [0.4, 0.5) is 5.69 Å². The number of aryl methyl sites for hydroxylation is 1. The molecule has 0 unspecified atom stereocenters. The Morgan fingerprint density at radius 1 is 0.960 bits per heavy atom. The highest BCUT2D eigenvalue weighted by molar-refractivity contribution is 5.97. The molecule has 0 aromatic heterocycles. The molecule has 4 heteroatoms. The van der Waals surface area contributed by atoms with Gasteiger partial charge in [0.15, 0.2) is 0 Å². The highest BCUT2D eigenvalue weighted by atomic mass is 16.2. The van der Waals surface area contributed by atoms with Gasteiger partial charge >= 0.3 is 0 Å². The number of benzene rings is 2. The summed E-state index contributed by atoms with van der Waals surface area (Å²) < 4.78 is 0. The van der Waals surface area contributed by atoms with E-state index in [1.807, 2.05) is 59.2 Å². The first-order valence-electron chi connectivity index (χ1n) is 8.70. The average Bonchev–Trinajstić information content (AvgIpc) is 2.58. The molecule has 2 aliphatic rings. The summed E-state index contributed by atoms with van der Waals surface area (Å²) in [4.78, 5) is 28.7. The minimum atomic E-state index is -0.0155. The molecule has 0 bridgehead atoms. The Balaban J connectivity index is 1.56. The van der Waals surface area contributed by atoms with Crippen molar-refractivity contribution < 1.29 is 9.59 Å². The fourth-order valence-corrected chi connectivity index (χ4v) is 4.19. The first kappa shape index (κ1) is 15.9. The molecular formula is C21H22N2O2. The second-order valence-corrected chi connectivity index (χ2v) is 7.39. The van der Waals surface area contributed by atoms with Crippen molar-refractivity contribution in [3.8, 4) is 0 Å². The molecule has 0 radical (unpaired) electrons. The zero-order chi connectivity index (χ0) is 17.6. The molecule has 1 fully saturated rings. The van der Waals surface area contributed by atoms with Gasteiger partial charge in [-0.2, -0.15) is 0 Å². The normalized spacial score (nSPS) is 17.8. The molecule has 2 aromatic rings. The molecule has 4 rings (SSSR count). The van der Waals surface area contributed by atoms with E-state index < -0.39 is 0 Å². The minimum absolute atomic E-state index is 0.0155. The Bertz CT molecular complexity index is 852. The third-order valence-electron chi connectivity index (χ3n) is 5.44. The van der Waals surface area contributed by atoms with E-state index in [0.717, 1.165) is 23.2 Å². The maximum Gasteiger partial charge on any atom is 0.254 e. The fraction of sp³-hybridized carbons (Fsp3) is 0.333. The topological polar surface area (TPSA) is 40.6 Å². The summed E-state index contributed by atoms with van der Waals surface area (Å²) in [7, 11) is 0. The first-order chi connectivity index (χ1) is 12.0. The molecule has 1 saturated heterocycles. The second kappa shape index (κ2) is 5.73. The molecule has 0 saturated carbocycles. The van der Waals surface area contributed by atoms with Crippen LogP contribution in [0.5, 0.6) is 0 Å². The van der Waals surface area contributed by atoms with Crippen LogP contribution in [0.15, 0.2) is 48.5 Å². The summed E-state index contributed by atoms with van der Waals surface area (Å²) in [5, 5.41) is 0. The van der Waals surface area contributed by atoms with Crippen LogP contribution in [0, 0.1) is 12.3 Å². The van der Waals surface area contributed by atoms with Crippen LogP contribution >= 0.6 is 0 Å². The van der Waals surface area contributed by atoms with Crippen LogP contribution in [0.25, 0.3) is 0 Å². The van der Waals surface area contributed by atoms with Crippen molar-refractivity contribution in [2.24, 2.45) is 5.41 Å². The monoisotopic (exact) mass is 334 g/mol. The standard InChI is InChI=1S/C21H22N2O2/c1-15-7-3-5-9-18(15)20(25)22-12-21(13-22)11-17-8-4-6-10-19(17)23(14-21)16(2)24/h3-10H,11-14H2,1-2H3. The molecule has 1 spiro atoms. The number of likely N-dealkylation sites (tertiary alicyclic amines) is 1. The predicted molar refractivity (Wildman–Crippen MR) is 97.7 cm³/mol. The fourth-order valence-electron chi connectivity index (χ4n) is 4.19. The largest absolute Gasteiger partial charge is 0.337 e. The smallest absolute Gasteiger partial charge is 0.254 e. The lowest BCUT2D eigenvalue weighted by molar-refractivity contribution is -0.117. The second-order valence-electron chi connectivity index (χ2n) is 7.39. The molecule has 0 N–H and O–H groups in total. The number of hydrogen-bond donors (Lipinski definition) is 0. The van der Waals surface area contributed by atoms with Gasteiger partial charge in [-0.05, 0) is 36.6 Å². The first-order valence-corrected chi connectivity index (χ1v) is 8.70. The summed E-state index contributed by atoms with van der Waals surface area (Å²) in [6, 6.07) is 15.8. The molecule has 0 atom stereocenters. The third kappa shape index (κ3) is 2.62. The maximum absolute atomic E-state index is 12.8. The summed E-state index contributed by atoms with van der Waals surface area (Å²) >= 11 is 0. The Kier molecular flexibility index (Phi) is 3.64. The molecule has 2 amide bonds. The minimum Gasteiger partial charge on any atom is -0.337 e. The number of nitrogens with zero attached hydrogens (tertiary/aromatic N) is 2. The highest BCUT2D eigenvalue weighted by Crippen LogP contribution is 2.43. The van der Waals surface area contributed by atoms with Crippen molar-refractivity contribution in [3.63, 3.8) is 0 Å². The van der Waals surface area contributed by atoms with E-state index in [1.165, 1.54) is 5.56 Å². The zero-order valence-electron chi connectivity index (χ0n) is 14.7. The Labute approximate surface area is 148 Å². The van der Waals surface area contributed by atoms with Gasteiger partial charge in [0.1, 0.15) is 0 Å². The zero-order valence-corrected chi connectivity index (χ0v) is 14.7. The lowest BCUT2D eigenvalue weighted by Gasteiger charge is -2.54. The quantitative estimate of drug-likeness (QED) is 0.804. The third-order valence-corrected chi connectivity index (χ3v) is 5.44. The van der Waals surface area contributed by atoms with Crippen molar-refractivity contribution >= 4 is 17.5 Å². The van der Waals surface area contributed by atoms with Gasteiger partial charge in [0.2, 0.25) is 5.91 Å². The van der Waals surface area contributed by atoms with Crippen LogP contribution < -0.4 is 4.90 Å². The average molecular weight is 334 g/mol. The van der Waals surface area contributed by atoms with Gasteiger partial charge in [-0.3, -0.25) is 9.59 Å². The molecule has 0 aliphatic carbocycles. The van der Waals surface area contributed by atoms with Gasteiger partial charge < -0.3 is 9.80 Å². The van der Waals surface area contributed by atoms with Crippen molar-refractivity contribution in [3.05, 3.63) is 65.2 Å². The predicted octanol–water partition coefficient (Wildman–Crippen LogP) is 3.05. The van der Waals surface area contributed by atoms with Crippen LogP contribution in [0.3, 0.4) is 0 Å². The number of amides is 2. The van der Waals surface area contributed by atoms with E-state index in [1.54, 1.807) is 6.92 Å². The summed E-state index contributed by atoms with van der Waals surface area (Å²) in [6.07, 6.45) is 0.921. The Hall–Kier alpha value is -2.62. The number of rotatable bonds is 1. The van der Waals surface area contributed by atoms with Gasteiger partial charge in [0.05, 0.1) is 0 Å². The van der Waals surface area contributed by atoms with Crippen LogP contribution in [-0.4, -0.2) is 36.3 Å². The van der Waals surface area contributed by atoms with Crippen molar-refractivity contribution in [1.82, 2.24) is 4.90 Å². The molecule has 128 valence electrons. The van der Waals surface area contributed by atoms with Crippen LogP contribution in [-0.2, 0) is 11.2 Å². The van der Waals surface area contributed by atoms with Gasteiger partial charge in [-0.1, -0.05) is 36.4 Å². The number of fused-ring (bicyclic) bond motifs is 1. The number of para-hydroxylation sites is 1. The number of hydrogen-bond acceptors (Lipinski definition) is 2. The van der Waals surface area contributed by atoms with Gasteiger partial charge in [-0.15, -0.1) is 0 Å². The van der Waals surface area contributed by atoms with E-state index in [0.29, 0.717) is 19.6 Å². The summed E-state index contributed by atoms with van der Waals surface area (Å²) in [5.41, 5.74) is 3.99. The van der Waals surface area contributed by atoms with E-state index in [2.05, 4.69) is 6.07 Å². The molecule has 25 heavy (non-hydrogen) atoms. The van der Waals surface area contributed by atoms with E-state index in [9.17, 15) is 9.59 Å². The van der Waals surface area contributed by atoms with Crippen molar-refractivity contribution in [1.29, 1.82) is 0 Å². The molecular weight excluding hydrogens is 312 g/mol. The maximum atomic E-state index is 12.8. The van der Waals surface area contributed by atoms with E-state index in [4.69, 9.17) is 0 Å². The van der Waals surface area contributed by atoms with Gasteiger partial charge in [-0.25, -0.2) is 0 Å².